The van der Waals surface area contributed by atoms with Crippen molar-refractivity contribution in [2.75, 3.05) is 46.3 Å². The monoisotopic (exact) mass is 280 g/mol. The number of hydrogen-bond donors (Lipinski definition) is 1. The first-order chi connectivity index (χ1) is 9.62. The number of hydrogen-bond acceptors (Lipinski definition) is 4. The fourth-order valence-electron chi connectivity index (χ4n) is 3.68. The fourth-order valence-corrected chi connectivity index (χ4v) is 3.68. The Bertz CT molecular complexity index is 398. The average Bonchev–Trinajstić information content (AvgIpc) is 2.99. The van der Waals surface area contributed by atoms with Crippen LogP contribution in [0.5, 0.6) is 0 Å². The summed E-state index contributed by atoms with van der Waals surface area (Å²) in [5.41, 5.74) is -0.524. The molecule has 0 unspecified atom stereocenters. The van der Waals surface area contributed by atoms with Crippen LogP contribution in [0, 0.1) is 0 Å². The number of nitrogens with zero attached hydrogens (tertiary/aromatic N) is 3. The number of likely N-dealkylation sites (N-methyl/N-ethyl adjacent to an activating group) is 1. The molecule has 112 valence electrons. The number of amides is 3. The minimum absolute atomic E-state index is 0.0709. The summed E-state index contributed by atoms with van der Waals surface area (Å²) in [6.45, 7) is 5.80. The first-order valence-corrected chi connectivity index (χ1v) is 7.66. The van der Waals surface area contributed by atoms with Crippen LogP contribution >= 0.6 is 0 Å². The maximum absolute atomic E-state index is 12.1. The van der Waals surface area contributed by atoms with Crippen LogP contribution in [0.15, 0.2) is 0 Å². The molecule has 2 heterocycles. The lowest BCUT2D eigenvalue weighted by Gasteiger charge is -2.36. The summed E-state index contributed by atoms with van der Waals surface area (Å²) in [6, 6.07) is -0.189. The van der Waals surface area contributed by atoms with Crippen molar-refractivity contribution in [1.82, 2.24) is 20.0 Å². The minimum Gasteiger partial charge on any atom is -0.308 e. The molecule has 3 aliphatic rings. The molecule has 0 bridgehead atoms. The van der Waals surface area contributed by atoms with E-state index >= 15 is 0 Å². The van der Waals surface area contributed by atoms with Crippen molar-refractivity contribution in [2.24, 2.45) is 0 Å². The van der Waals surface area contributed by atoms with Gasteiger partial charge in [0.25, 0.3) is 5.91 Å². The molecule has 3 amide bonds. The number of carbonyl (C=O) groups excluding carboxylic acids is 2. The van der Waals surface area contributed by atoms with E-state index in [9.17, 15) is 9.59 Å². The molecule has 0 aromatic rings. The van der Waals surface area contributed by atoms with Crippen LogP contribution in [-0.2, 0) is 4.79 Å². The third-order valence-corrected chi connectivity index (χ3v) is 5.07. The molecule has 6 nitrogen and oxygen atoms in total. The van der Waals surface area contributed by atoms with E-state index < -0.39 is 5.54 Å². The molecule has 6 heteroatoms. The van der Waals surface area contributed by atoms with E-state index in [1.165, 1.54) is 0 Å². The first kappa shape index (κ1) is 13.8. The standard InChI is InChI=1S/C14H24N4O2/c1-16-6-8-17(9-7-16)10-11-18-13(20)15-12(19)14(18)4-2-3-5-14/h2-11H2,1H3,(H,15,19,20). The van der Waals surface area contributed by atoms with Crippen LogP contribution in [0.2, 0.25) is 0 Å². The summed E-state index contributed by atoms with van der Waals surface area (Å²) >= 11 is 0. The largest absolute Gasteiger partial charge is 0.325 e. The van der Waals surface area contributed by atoms with Gasteiger partial charge in [0.2, 0.25) is 0 Å². The van der Waals surface area contributed by atoms with Gasteiger partial charge in [0, 0.05) is 39.3 Å². The van der Waals surface area contributed by atoms with Gasteiger partial charge in [-0.25, -0.2) is 4.79 Å². The number of imide groups is 1. The second-order valence-corrected chi connectivity index (χ2v) is 6.29. The van der Waals surface area contributed by atoms with Gasteiger partial charge < -0.3 is 9.80 Å². The predicted molar refractivity (Wildman–Crippen MR) is 75.4 cm³/mol. The van der Waals surface area contributed by atoms with Crippen LogP contribution in [0.4, 0.5) is 4.79 Å². The molecule has 3 rings (SSSR count). The first-order valence-electron chi connectivity index (χ1n) is 7.66. The van der Waals surface area contributed by atoms with E-state index in [1.807, 2.05) is 0 Å². The Morgan fingerprint density at radius 2 is 1.70 bits per heavy atom. The molecule has 0 aromatic carbocycles. The third-order valence-electron chi connectivity index (χ3n) is 5.07. The lowest BCUT2D eigenvalue weighted by atomic mass is 9.96. The Morgan fingerprint density at radius 3 is 2.35 bits per heavy atom. The molecule has 1 saturated carbocycles. The summed E-state index contributed by atoms with van der Waals surface area (Å²) < 4.78 is 0. The fraction of sp³-hybridized carbons (Fsp3) is 0.857. The van der Waals surface area contributed by atoms with Crippen LogP contribution in [0.25, 0.3) is 0 Å². The lowest BCUT2D eigenvalue weighted by Crippen LogP contribution is -2.52. The highest BCUT2D eigenvalue weighted by Crippen LogP contribution is 2.38. The summed E-state index contributed by atoms with van der Waals surface area (Å²) in [5.74, 6) is -0.0709. The summed E-state index contributed by atoms with van der Waals surface area (Å²) in [4.78, 5) is 30.7. The van der Waals surface area contributed by atoms with Gasteiger partial charge in [-0.15, -0.1) is 0 Å². The van der Waals surface area contributed by atoms with Crippen molar-refractivity contribution in [3.05, 3.63) is 0 Å². The van der Waals surface area contributed by atoms with Crippen molar-refractivity contribution < 1.29 is 9.59 Å². The van der Waals surface area contributed by atoms with Gasteiger partial charge >= 0.3 is 6.03 Å². The Morgan fingerprint density at radius 1 is 1.05 bits per heavy atom. The molecular weight excluding hydrogens is 256 g/mol. The molecule has 1 N–H and O–H groups in total. The van der Waals surface area contributed by atoms with Gasteiger partial charge in [-0.1, -0.05) is 12.8 Å². The number of urea groups is 1. The molecule has 1 spiro atoms. The molecule has 0 radical (unpaired) electrons. The molecule has 0 aromatic heterocycles. The highest BCUT2D eigenvalue weighted by atomic mass is 16.2. The molecule has 1 aliphatic carbocycles. The quantitative estimate of drug-likeness (QED) is 0.745. The van der Waals surface area contributed by atoms with E-state index in [4.69, 9.17) is 0 Å². The smallest absolute Gasteiger partial charge is 0.308 e. The normalized spacial score (nSPS) is 27.6. The van der Waals surface area contributed by atoms with Crippen molar-refractivity contribution in [3.63, 3.8) is 0 Å². The van der Waals surface area contributed by atoms with E-state index in [-0.39, 0.29) is 11.9 Å². The van der Waals surface area contributed by atoms with Gasteiger partial charge in [-0.05, 0) is 19.9 Å². The Balaban J connectivity index is 1.61. The van der Waals surface area contributed by atoms with Gasteiger partial charge in [0.05, 0.1) is 0 Å². The molecule has 3 fully saturated rings. The van der Waals surface area contributed by atoms with Crippen LogP contribution < -0.4 is 5.32 Å². The summed E-state index contributed by atoms with van der Waals surface area (Å²) in [5, 5.41) is 2.52. The molecule has 2 saturated heterocycles. The summed E-state index contributed by atoms with van der Waals surface area (Å²) in [6.07, 6.45) is 3.75. The maximum Gasteiger partial charge on any atom is 0.325 e. The van der Waals surface area contributed by atoms with Crippen molar-refractivity contribution >= 4 is 11.9 Å². The number of carbonyl (C=O) groups is 2. The second kappa shape index (κ2) is 5.33. The second-order valence-electron chi connectivity index (χ2n) is 6.29. The lowest BCUT2D eigenvalue weighted by molar-refractivity contribution is -0.126. The molecular formula is C14H24N4O2. The molecule has 20 heavy (non-hydrogen) atoms. The SMILES string of the molecule is CN1CCN(CCN2C(=O)NC(=O)C23CCCC3)CC1. The van der Waals surface area contributed by atoms with Crippen molar-refractivity contribution in [1.29, 1.82) is 0 Å². The van der Waals surface area contributed by atoms with Crippen LogP contribution in [-0.4, -0.2) is 78.5 Å². The highest BCUT2D eigenvalue weighted by molar-refractivity contribution is 6.07. The zero-order chi connectivity index (χ0) is 14.2. The van der Waals surface area contributed by atoms with E-state index in [0.717, 1.165) is 58.4 Å². The van der Waals surface area contributed by atoms with Crippen molar-refractivity contribution in [2.45, 2.75) is 31.2 Å². The maximum atomic E-state index is 12.1. The van der Waals surface area contributed by atoms with Gasteiger partial charge in [0.15, 0.2) is 0 Å². The van der Waals surface area contributed by atoms with E-state index in [1.54, 1.807) is 4.90 Å². The van der Waals surface area contributed by atoms with Gasteiger partial charge in [-0.3, -0.25) is 15.0 Å². The van der Waals surface area contributed by atoms with E-state index in [0.29, 0.717) is 6.54 Å². The third kappa shape index (κ3) is 2.31. The van der Waals surface area contributed by atoms with Crippen LogP contribution in [0.1, 0.15) is 25.7 Å². The summed E-state index contributed by atoms with van der Waals surface area (Å²) in [7, 11) is 2.14. The van der Waals surface area contributed by atoms with Crippen LogP contribution in [0.3, 0.4) is 0 Å². The molecule has 0 atom stereocenters. The number of piperazine rings is 1. The highest BCUT2D eigenvalue weighted by Gasteiger charge is 2.53. The Kier molecular flexibility index (Phi) is 3.69. The predicted octanol–water partition coefficient (Wildman–Crippen LogP) is 0.0984. The van der Waals surface area contributed by atoms with Crippen molar-refractivity contribution in [3.8, 4) is 0 Å². The zero-order valence-corrected chi connectivity index (χ0v) is 12.2. The number of nitrogens with one attached hydrogen (secondary N) is 1. The number of rotatable bonds is 3. The van der Waals surface area contributed by atoms with Gasteiger partial charge in [-0.2, -0.15) is 0 Å². The minimum atomic E-state index is -0.524. The zero-order valence-electron chi connectivity index (χ0n) is 12.2. The topological polar surface area (TPSA) is 55.9 Å². The average molecular weight is 280 g/mol. The van der Waals surface area contributed by atoms with E-state index in [2.05, 4.69) is 22.2 Å². The Hall–Kier alpha value is -1.14. The van der Waals surface area contributed by atoms with Gasteiger partial charge in [0.1, 0.15) is 5.54 Å². The Labute approximate surface area is 120 Å². The molecule has 2 aliphatic heterocycles.